The molecule has 2 atom stereocenters. The van der Waals surface area contributed by atoms with Gasteiger partial charge in [0.2, 0.25) is 5.91 Å². The topological polar surface area (TPSA) is 189 Å². The van der Waals surface area contributed by atoms with Gasteiger partial charge < -0.3 is 21.9 Å². The summed E-state index contributed by atoms with van der Waals surface area (Å²) in [6.07, 6.45) is 0.00216. The molecular formula is C9H18N6O5. The first-order valence-electron chi connectivity index (χ1n) is 5.71. The molecule has 0 saturated carbocycles. The Balaban J connectivity index is 4.42. The first kappa shape index (κ1) is 17.6. The van der Waals surface area contributed by atoms with Gasteiger partial charge in [-0.2, -0.15) is 0 Å². The third kappa shape index (κ3) is 5.95. The summed E-state index contributed by atoms with van der Waals surface area (Å²) < 4.78 is 0. The fraction of sp³-hybridized carbons (Fsp3) is 0.667. The van der Waals surface area contributed by atoms with Gasteiger partial charge >= 0.3 is 5.97 Å². The summed E-state index contributed by atoms with van der Waals surface area (Å²) >= 11 is 0. The van der Waals surface area contributed by atoms with Crippen molar-refractivity contribution < 1.29 is 19.7 Å². The smallest absolute Gasteiger partial charge is 0.326 e. The lowest BCUT2D eigenvalue weighted by atomic mass is 10.1. The highest BCUT2D eigenvalue weighted by Crippen LogP contribution is 2.01. The standard InChI is InChI=1S/C9H18N6O5/c1-5(10)7(16)13-6(8(17)18)3-2-4-14(9(11)12)15(19)20/h5-6H,2-4,10H2,1H3,(H3,11,12)(H,13,16)(H,17,18)/t5-,6-/m0/s1. The summed E-state index contributed by atoms with van der Waals surface area (Å²) in [5.41, 5.74) is 10.3. The number of nitro groups is 1. The van der Waals surface area contributed by atoms with E-state index in [2.05, 4.69) is 5.32 Å². The van der Waals surface area contributed by atoms with Crippen LogP contribution in [0.1, 0.15) is 19.8 Å². The third-order valence-electron chi connectivity index (χ3n) is 2.37. The van der Waals surface area contributed by atoms with Crippen molar-refractivity contribution in [3.05, 3.63) is 10.1 Å². The SMILES string of the molecule is C[C@H](N)C(=O)N[C@@H](CCCN(C(=N)N)[N+](=O)[O-])C(=O)O. The molecule has 0 unspecified atom stereocenters. The Bertz CT molecular complexity index is 384. The Kier molecular flexibility index (Phi) is 6.93. The predicted octanol–water partition coefficient (Wildman–Crippen LogP) is -1.93. The molecule has 0 aromatic rings. The van der Waals surface area contributed by atoms with Crippen LogP contribution in [0.2, 0.25) is 0 Å². The average Bonchev–Trinajstić information content (AvgIpc) is 2.30. The number of carbonyl (C=O) groups is 2. The van der Waals surface area contributed by atoms with Crippen LogP contribution in [0.25, 0.3) is 0 Å². The molecular weight excluding hydrogens is 272 g/mol. The summed E-state index contributed by atoms with van der Waals surface area (Å²) in [4.78, 5) is 32.8. The molecule has 0 fully saturated rings. The molecule has 11 heteroatoms. The van der Waals surface area contributed by atoms with Crippen LogP contribution in [-0.4, -0.2) is 51.6 Å². The van der Waals surface area contributed by atoms with Crippen LogP contribution in [-0.2, 0) is 9.59 Å². The highest BCUT2D eigenvalue weighted by atomic mass is 16.7. The molecule has 114 valence electrons. The van der Waals surface area contributed by atoms with Crippen LogP contribution in [0.15, 0.2) is 0 Å². The van der Waals surface area contributed by atoms with Crippen molar-refractivity contribution >= 4 is 17.8 Å². The minimum absolute atomic E-state index is 0.0502. The summed E-state index contributed by atoms with van der Waals surface area (Å²) in [6.45, 7) is 1.17. The fourth-order valence-corrected chi connectivity index (χ4v) is 1.30. The van der Waals surface area contributed by atoms with Crippen LogP contribution >= 0.6 is 0 Å². The van der Waals surface area contributed by atoms with Crippen molar-refractivity contribution in [2.24, 2.45) is 11.5 Å². The molecule has 7 N–H and O–H groups in total. The number of hydrogen-bond acceptors (Lipinski definition) is 6. The number of nitrogens with one attached hydrogen (secondary N) is 2. The number of nitrogens with two attached hydrogens (primary N) is 2. The molecule has 0 heterocycles. The number of nitrogens with zero attached hydrogens (tertiary/aromatic N) is 2. The van der Waals surface area contributed by atoms with E-state index >= 15 is 0 Å². The molecule has 0 bridgehead atoms. The average molecular weight is 290 g/mol. The van der Waals surface area contributed by atoms with E-state index in [1.54, 1.807) is 0 Å². The number of hydrogen-bond donors (Lipinski definition) is 5. The number of carboxylic acids is 1. The maximum atomic E-state index is 11.3. The van der Waals surface area contributed by atoms with Gasteiger partial charge in [0.25, 0.3) is 5.96 Å². The minimum Gasteiger partial charge on any atom is -0.480 e. The van der Waals surface area contributed by atoms with Gasteiger partial charge in [0.15, 0.2) is 5.03 Å². The maximum absolute atomic E-state index is 11.3. The molecule has 0 rings (SSSR count). The normalized spacial score (nSPS) is 13.1. The molecule has 0 aromatic heterocycles. The Morgan fingerprint density at radius 3 is 2.45 bits per heavy atom. The zero-order valence-corrected chi connectivity index (χ0v) is 10.9. The van der Waals surface area contributed by atoms with Crippen LogP contribution in [0.5, 0.6) is 0 Å². The van der Waals surface area contributed by atoms with Gasteiger partial charge in [0, 0.05) is 0 Å². The molecule has 0 saturated heterocycles. The molecule has 0 aliphatic rings. The van der Waals surface area contributed by atoms with E-state index < -0.39 is 35.0 Å². The van der Waals surface area contributed by atoms with Gasteiger partial charge in [-0.1, -0.05) is 5.01 Å². The lowest BCUT2D eigenvalue weighted by Crippen LogP contribution is -2.48. The first-order chi connectivity index (χ1) is 9.16. The van der Waals surface area contributed by atoms with Crippen molar-refractivity contribution in [2.45, 2.75) is 31.8 Å². The Morgan fingerprint density at radius 1 is 1.55 bits per heavy atom. The second-order valence-electron chi connectivity index (χ2n) is 4.08. The van der Waals surface area contributed by atoms with E-state index in [4.69, 9.17) is 22.0 Å². The maximum Gasteiger partial charge on any atom is 0.326 e. The van der Waals surface area contributed by atoms with Crippen LogP contribution in [0, 0.1) is 15.5 Å². The predicted molar refractivity (Wildman–Crippen MR) is 68.1 cm³/mol. The number of rotatable bonds is 8. The highest BCUT2D eigenvalue weighted by molar-refractivity contribution is 5.86. The second kappa shape index (κ2) is 7.89. The minimum atomic E-state index is -1.27. The second-order valence-corrected chi connectivity index (χ2v) is 4.08. The lowest BCUT2D eigenvalue weighted by Gasteiger charge is -2.17. The lowest BCUT2D eigenvalue weighted by molar-refractivity contribution is -0.629. The molecule has 1 amide bonds. The van der Waals surface area contributed by atoms with E-state index in [0.29, 0.717) is 5.01 Å². The number of carboxylic acid groups (broad SMARTS) is 1. The first-order valence-corrected chi connectivity index (χ1v) is 5.71. The quantitative estimate of drug-likeness (QED) is 0.148. The zero-order chi connectivity index (χ0) is 15.9. The van der Waals surface area contributed by atoms with Crippen LogP contribution in [0.4, 0.5) is 0 Å². The summed E-state index contributed by atoms with van der Waals surface area (Å²) in [7, 11) is 0. The van der Waals surface area contributed by atoms with Crippen molar-refractivity contribution in [1.82, 2.24) is 10.3 Å². The summed E-state index contributed by atoms with van der Waals surface area (Å²) in [5.74, 6) is -2.65. The van der Waals surface area contributed by atoms with Gasteiger partial charge in [-0.25, -0.2) is 14.9 Å². The van der Waals surface area contributed by atoms with E-state index in [9.17, 15) is 19.7 Å². The van der Waals surface area contributed by atoms with Crippen molar-refractivity contribution in [2.75, 3.05) is 6.54 Å². The van der Waals surface area contributed by atoms with Crippen LogP contribution < -0.4 is 16.8 Å². The largest absolute Gasteiger partial charge is 0.480 e. The number of carbonyl (C=O) groups excluding carboxylic acids is 1. The van der Waals surface area contributed by atoms with Crippen molar-refractivity contribution in [3.63, 3.8) is 0 Å². The fourth-order valence-electron chi connectivity index (χ4n) is 1.30. The molecule has 11 nitrogen and oxygen atoms in total. The van der Waals surface area contributed by atoms with E-state index in [0.717, 1.165) is 0 Å². The van der Waals surface area contributed by atoms with Crippen molar-refractivity contribution in [3.8, 4) is 0 Å². The summed E-state index contributed by atoms with van der Waals surface area (Å²) in [6, 6.07) is -2.06. The molecule has 0 aromatic carbocycles. The van der Waals surface area contributed by atoms with E-state index in [1.807, 2.05) is 0 Å². The molecule has 0 spiro atoms. The van der Waals surface area contributed by atoms with Gasteiger partial charge in [-0.3, -0.25) is 10.2 Å². The van der Waals surface area contributed by atoms with E-state index in [-0.39, 0.29) is 19.4 Å². The number of hydrazine groups is 1. The Morgan fingerprint density at radius 2 is 2.10 bits per heavy atom. The number of guanidine groups is 1. The number of aliphatic carboxylic acids is 1. The monoisotopic (exact) mass is 290 g/mol. The van der Waals surface area contributed by atoms with Gasteiger partial charge in [-0.05, 0) is 19.8 Å². The molecule has 0 aliphatic carbocycles. The van der Waals surface area contributed by atoms with Gasteiger partial charge in [-0.15, -0.1) is 0 Å². The van der Waals surface area contributed by atoms with E-state index in [1.165, 1.54) is 6.92 Å². The zero-order valence-electron chi connectivity index (χ0n) is 10.9. The molecule has 20 heavy (non-hydrogen) atoms. The van der Waals surface area contributed by atoms with Crippen LogP contribution in [0.3, 0.4) is 0 Å². The Labute approximate surface area is 114 Å². The summed E-state index contributed by atoms with van der Waals surface area (Å²) in [5, 5.41) is 28.2. The molecule has 0 aliphatic heterocycles. The van der Waals surface area contributed by atoms with Crippen molar-refractivity contribution in [1.29, 1.82) is 5.41 Å². The molecule has 0 radical (unpaired) electrons. The van der Waals surface area contributed by atoms with Gasteiger partial charge in [0.05, 0.1) is 12.6 Å². The highest BCUT2D eigenvalue weighted by Gasteiger charge is 2.23. The third-order valence-corrected chi connectivity index (χ3v) is 2.37. The van der Waals surface area contributed by atoms with Gasteiger partial charge in [0.1, 0.15) is 6.04 Å². The Hall–Kier alpha value is -2.43. The number of amides is 1.